The van der Waals surface area contributed by atoms with Gasteiger partial charge in [-0.1, -0.05) is 47.6 Å². The number of urea groups is 1. The van der Waals surface area contributed by atoms with Gasteiger partial charge in [-0.3, -0.25) is 4.98 Å². The Morgan fingerprint density at radius 1 is 1.04 bits per heavy atom. The maximum Gasteiger partial charge on any atom is 0.319 e. The zero-order valence-electron chi connectivity index (χ0n) is 14.2. The summed E-state index contributed by atoms with van der Waals surface area (Å²) in [7, 11) is 0. The fraction of sp³-hybridized carbons (Fsp3) is 0.333. The number of rotatable bonds is 4. The first kappa shape index (κ1) is 20.0. The van der Waals surface area contributed by atoms with Crippen LogP contribution in [0.5, 0.6) is 0 Å². The minimum Gasteiger partial charge on any atom is -0.378 e. The lowest BCUT2D eigenvalue weighted by atomic mass is 9.90. The van der Waals surface area contributed by atoms with Crippen molar-refractivity contribution in [3.05, 3.63) is 51.5 Å². The van der Waals surface area contributed by atoms with Crippen molar-refractivity contribution < 1.29 is 9.18 Å². The Labute approximate surface area is 171 Å². The van der Waals surface area contributed by atoms with Gasteiger partial charge >= 0.3 is 6.03 Å². The molecule has 3 rings (SSSR count). The van der Waals surface area contributed by atoms with Crippen LogP contribution in [0.2, 0.25) is 15.1 Å². The summed E-state index contributed by atoms with van der Waals surface area (Å²) in [6.07, 6.45) is 6.75. The Morgan fingerprint density at radius 3 is 2.37 bits per heavy atom. The highest BCUT2D eigenvalue weighted by Crippen LogP contribution is 2.32. The van der Waals surface area contributed by atoms with Gasteiger partial charge in [0, 0.05) is 24.1 Å². The number of aromatic nitrogens is 1. The maximum absolute atomic E-state index is 13.2. The van der Waals surface area contributed by atoms with Crippen molar-refractivity contribution in [2.24, 2.45) is 0 Å². The van der Waals surface area contributed by atoms with E-state index in [4.69, 9.17) is 34.8 Å². The van der Waals surface area contributed by atoms with E-state index in [9.17, 15) is 9.18 Å². The topological polar surface area (TPSA) is 66.1 Å². The first-order chi connectivity index (χ1) is 12.9. The van der Waals surface area contributed by atoms with Gasteiger partial charge in [0.15, 0.2) is 0 Å². The Morgan fingerprint density at radius 2 is 1.70 bits per heavy atom. The zero-order valence-corrected chi connectivity index (χ0v) is 16.5. The summed E-state index contributed by atoms with van der Waals surface area (Å²) in [4.78, 5) is 16.3. The monoisotopic (exact) mass is 430 g/mol. The van der Waals surface area contributed by atoms with Crippen molar-refractivity contribution in [3.8, 4) is 0 Å². The molecule has 1 aromatic carbocycles. The number of nitrogens with one attached hydrogen (secondary N) is 3. The highest BCUT2D eigenvalue weighted by molar-refractivity contribution is 6.38. The molecule has 1 aliphatic rings. The molecule has 0 saturated heterocycles. The van der Waals surface area contributed by atoms with E-state index in [0.29, 0.717) is 21.4 Å². The van der Waals surface area contributed by atoms with E-state index in [2.05, 4.69) is 20.9 Å². The van der Waals surface area contributed by atoms with Crippen LogP contribution >= 0.6 is 34.8 Å². The molecule has 0 bridgehead atoms. The smallest absolute Gasteiger partial charge is 0.319 e. The van der Waals surface area contributed by atoms with Gasteiger partial charge in [-0.25, -0.2) is 9.18 Å². The molecule has 27 heavy (non-hydrogen) atoms. The van der Waals surface area contributed by atoms with Crippen LogP contribution in [-0.4, -0.2) is 23.1 Å². The molecule has 2 aromatic rings. The van der Waals surface area contributed by atoms with Crippen molar-refractivity contribution >= 4 is 52.2 Å². The van der Waals surface area contributed by atoms with E-state index in [0.717, 1.165) is 25.7 Å². The molecule has 0 radical (unpaired) electrons. The summed E-state index contributed by atoms with van der Waals surface area (Å²) in [6.45, 7) is 0. The van der Waals surface area contributed by atoms with Gasteiger partial charge < -0.3 is 16.0 Å². The van der Waals surface area contributed by atoms with E-state index in [1.165, 1.54) is 30.6 Å². The van der Waals surface area contributed by atoms with E-state index in [1.807, 2.05) is 0 Å². The van der Waals surface area contributed by atoms with E-state index in [1.54, 1.807) is 0 Å². The SMILES string of the molecule is O=C(Nc1ccc(F)c(Cl)c1)N[C@@H]1CCCC[C@H]1Nc1c(Cl)cncc1Cl. The maximum atomic E-state index is 13.2. The normalized spacial score (nSPS) is 19.4. The summed E-state index contributed by atoms with van der Waals surface area (Å²) in [5.74, 6) is -0.537. The van der Waals surface area contributed by atoms with Gasteiger partial charge in [-0.2, -0.15) is 0 Å². The number of benzene rings is 1. The van der Waals surface area contributed by atoms with Crippen LogP contribution in [-0.2, 0) is 0 Å². The number of hydrogen-bond donors (Lipinski definition) is 3. The second kappa shape index (κ2) is 8.95. The molecule has 5 nitrogen and oxygen atoms in total. The van der Waals surface area contributed by atoms with Gasteiger partial charge in [0.1, 0.15) is 5.82 Å². The van der Waals surface area contributed by atoms with Crippen molar-refractivity contribution in [1.82, 2.24) is 10.3 Å². The largest absolute Gasteiger partial charge is 0.378 e. The second-order valence-electron chi connectivity index (χ2n) is 6.35. The Hall–Kier alpha value is -1.76. The molecular weight excluding hydrogens is 414 g/mol. The zero-order chi connectivity index (χ0) is 19.4. The predicted molar refractivity (Wildman–Crippen MR) is 107 cm³/mol. The van der Waals surface area contributed by atoms with Crippen LogP contribution < -0.4 is 16.0 Å². The third-order valence-corrected chi connectivity index (χ3v) is 5.31. The van der Waals surface area contributed by atoms with Gasteiger partial charge in [0.25, 0.3) is 0 Å². The molecule has 9 heteroatoms. The Kier molecular flexibility index (Phi) is 6.63. The Balaban J connectivity index is 1.66. The van der Waals surface area contributed by atoms with E-state index < -0.39 is 5.82 Å². The van der Waals surface area contributed by atoms with Crippen LogP contribution in [0.1, 0.15) is 25.7 Å². The molecule has 1 aliphatic carbocycles. The van der Waals surface area contributed by atoms with Gasteiger partial charge in [-0.05, 0) is 31.0 Å². The predicted octanol–water partition coefficient (Wildman–Crippen LogP) is 5.73. The molecule has 0 unspecified atom stereocenters. The fourth-order valence-corrected chi connectivity index (χ4v) is 3.77. The van der Waals surface area contributed by atoms with Gasteiger partial charge in [0.2, 0.25) is 0 Å². The fourth-order valence-electron chi connectivity index (χ4n) is 3.12. The first-order valence-electron chi connectivity index (χ1n) is 8.52. The number of anilines is 2. The molecule has 144 valence electrons. The van der Waals surface area contributed by atoms with Crippen molar-refractivity contribution in [2.75, 3.05) is 10.6 Å². The third kappa shape index (κ3) is 5.15. The molecule has 3 N–H and O–H groups in total. The van der Waals surface area contributed by atoms with Crippen molar-refractivity contribution in [3.63, 3.8) is 0 Å². The number of carbonyl (C=O) groups is 1. The lowest BCUT2D eigenvalue weighted by Crippen LogP contribution is -2.49. The molecule has 1 aromatic heterocycles. The average Bonchev–Trinajstić information content (AvgIpc) is 2.63. The number of amides is 2. The summed E-state index contributed by atoms with van der Waals surface area (Å²) < 4.78 is 13.2. The highest BCUT2D eigenvalue weighted by atomic mass is 35.5. The minimum atomic E-state index is -0.537. The molecule has 1 fully saturated rings. The molecular formula is C18H18Cl3FN4O. The minimum absolute atomic E-state index is 0.0290. The number of hydrogen-bond acceptors (Lipinski definition) is 3. The average molecular weight is 432 g/mol. The lowest BCUT2D eigenvalue weighted by Gasteiger charge is -2.33. The summed E-state index contributed by atoms with van der Waals surface area (Å²) >= 11 is 18.1. The van der Waals surface area contributed by atoms with Crippen molar-refractivity contribution in [2.45, 2.75) is 37.8 Å². The molecule has 1 saturated carbocycles. The van der Waals surface area contributed by atoms with Crippen LogP contribution in [0.3, 0.4) is 0 Å². The van der Waals surface area contributed by atoms with Crippen molar-refractivity contribution in [1.29, 1.82) is 0 Å². The van der Waals surface area contributed by atoms with Crippen LogP contribution in [0, 0.1) is 5.82 Å². The highest BCUT2D eigenvalue weighted by Gasteiger charge is 2.27. The number of pyridine rings is 1. The van der Waals surface area contributed by atoms with Crippen LogP contribution in [0.25, 0.3) is 0 Å². The standard InChI is InChI=1S/C18H18Cl3FN4O/c19-11-7-10(5-6-14(11)22)24-18(27)26-16-4-2-1-3-15(16)25-17-12(20)8-23-9-13(17)21/h5-9,15-16H,1-4H2,(H,23,25)(H2,24,26,27)/t15-,16-/m1/s1. The number of nitrogens with zero attached hydrogens (tertiary/aromatic N) is 1. The number of halogens is 4. The molecule has 2 atom stereocenters. The summed E-state index contributed by atoms with van der Waals surface area (Å²) in [6, 6.07) is 3.49. The molecule has 0 spiro atoms. The summed E-state index contributed by atoms with van der Waals surface area (Å²) in [5, 5.41) is 9.78. The Bertz CT molecular complexity index is 816. The first-order valence-corrected chi connectivity index (χ1v) is 9.65. The molecule has 1 heterocycles. The van der Waals surface area contributed by atoms with E-state index >= 15 is 0 Å². The van der Waals surface area contributed by atoms with E-state index in [-0.39, 0.29) is 23.1 Å². The van der Waals surface area contributed by atoms with Crippen LogP contribution in [0.4, 0.5) is 20.6 Å². The molecule has 2 amide bonds. The van der Waals surface area contributed by atoms with Gasteiger partial charge in [0.05, 0.1) is 26.8 Å². The van der Waals surface area contributed by atoms with Crippen LogP contribution in [0.15, 0.2) is 30.6 Å². The second-order valence-corrected chi connectivity index (χ2v) is 7.57. The lowest BCUT2D eigenvalue weighted by molar-refractivity contribution is 0.242. The quantitative estimate of drug-likeness (QED) is 0.579. The number of carbonyl (C=O) groups excluding carboxylic acids is 1. The summed E-state index contributed by atoms with van der Waals surface area (Å²) in [5.41, 5.74) is 1.03. The van der Waals surface area contributed by atoms with Gasteiger partial charge in [-0.15, -0.1) is 0 Å². The third-order valence-electron chi connectivity index (χ3n) is 4.44. The molecule has 0 aliphatic heterocycles.